The van der Waals surface area contributed by atoms with Crippen molar-refractivity contribution in [3.63, 3.8) is 0 Å². The largest absolute Gasteiger partial charge is 0.493 e. The van der Waals surface area contributed by atoms with Gasteiger partial charge < -0.3 is 20.1 Å². The highest BCUT2D eigenvalue weighted by atomic mass is 35.5. The van der Waals surface area contributed by atoms with E-state index in [-0.39, 0.29) is 0 Å². The average molecular weight is 451 g/mol. The van der Waals surface area contributed by atoms with Gasteiger partial charge in [0.25, 0.3) is 0 Å². The number of aryl methyl sites for hydroxylation is 2. The van der Waals surface area contributed by atoms with E-state index < -0.39 is 0 Å². The second kappa shape index (κ2) is 9.15. The van der Waals surface area contributed by atoms with Crippen LogP contribution in [0, 0.1) is 13.8 Å². The molecule has 2 aromatic heterocycles. The minimum absolute atomic E-state index is 0.434. The number of hydrogen-bond donors (Lipinski definition) is 2. The van der Waals surface area contributed by atoms with Crippen molar-refractivity contribution in [2.45, 2.75) is 13.8 Å². The fraction of sp³-hybridized carbons (Fsp3) is 0.174. The summed E-state index contributed by atoms with van der Waals surface area (Å²) in [6, 6.07) is 15.1. The summed E-state index contributed by atoms with van der Waals surface area (Å²) in [6.45, 7) is 3.90. The minimum atomic E-state index is 0.434. The molecule has 2 N–H and O–H groups in total. The third kappa shape index (κ3) is 4.60. The second-order valence-corrected chi connectivity index (χ2v) is 7.51. The van der Waals surface area contributed by atoms with Gasteiger partial charge in [0.1, 0.15) is 11.6 Å². The number of hydrogen-bond acceptors (Lipinski definition) is 7. The van der Waals surface area contributed by atoms with Crippen LogP contribution in [0.2, 0.25) is 5.02 Å². The number of rotatable bonds is 7. The maximum atomic E-state index is 6.31. The Balaban J connectivity index is 1.58. The first-order valence-corrected chi connectivity index (χ1v) is 10.3. The van der Waals surface area contributed by atoms with Gasteiger partial charge in [-0.15, -0.1) is 0 Å². The predicted molar refractivity (Wildman–Crippen MR) is 126 cm³/mol. The van der Waals surface area contributed by atoms with Crippen LogP contribution in [0.5, 0.6) is 11.5 Å². The van der Waals surface area contributed by atoms with Crippen molar-refractivity contribution in [3.8, 4) is 17.2 Å². The Bertz CT molecular complexity index is 1260. The van der Waals surface area contributed by atoms with Gasteiger partial charge in [0.15, 0.2) is 11.5 Å². The molecule has 0 saturated heterocycles. The highest BCUT2D eigenvalue weighted by Gasteiger charge is 2.11. The molecule has 164 valence electrons. The lowest BCUT2D eigenvalue weighted by Gasteiger charge is -2.12. The van der Waals surface area contributed by atoms with Crippen LogP contribution < -0.4 is 20.1 Å². The molecule has 0 atom stereocenters. The van der Waals surface area contributed by atoms with Crippen molar-refractivity contribution >= 4 is 34.9 Å². The first-order chi connectivity index (χ1) is 15.5. The van der Waals surface area contributed by atoms with E-state index in [1.165, 1.54) is 0 Å². The molecule has 4 rings (SSSR count). The molecule has 0 spiro atoms. The van der Waals surface area contributed by atoms with Gasteiger partial charge in [-0.1, -0.05) is 17.7 Å². The molecular weight excluding hydrogens is 428 g/mol. The molecule has 0 aliphatic carbocycles. The summed E-state index contributed by atoms with van der Waals surface area (Å²) in [5.41, 5.74) is 3.50. The van der Waals surface area contributed by atoms with Crippen molar-refractivity contribution in [2.24, 2.45) is 0 Å². The molecule has 9 heteroatoms. The van der Waals surface area contributed by atoms with Gasteiger partial charge in [-0.3, -0.25) is 0 Å². The Morgan fingerprint density at radius 2 is 1.72 bits per heavy atom. The van der Waals surface area contributed by atoms with E-state index in [1.807, 2.05) is 56.3 Å². The quantitative estimate of drug-likeness (QED) is 0.388. The smallest absolute Gasteiger partial charge is 0.229 e. The zero-order valence-corrected chi connectivity index (χ0v) is 18.9. The zero-order valence-electron chi connectivity index (χ0n) is 18.2. The molecule has 0 saturated carbocycles. The lowest BCUT2D eigenvalue weighted by Crippen LogP contribution is -2.05. The van der Waals surface area contributed by atoms with Crippen molar-refractivity contribution in [3.05, 3.63) is 71.0 Å². The van der Waals surface area contributed by atoms with Crippen LogP contribution >= 0.6 is 11.6 Å². The van der Waals surface area contributed by atoms with E-state index in [4.69, 9.17) is 21.1 Å². The Hall–Kier alpha value is -3.78. The lowest BCUT2D eigenvalue weighted by molar-refractivity contribution is 0.355. The average Bonchev–Trinajstić information content (AvgIpc) is 3.15. The summed E-state index contributed by atoms with van der Waals surface area (Å²) in [6.07, 6.45) is 1.68. The van der Waals surface area contributed by atoms with Crippen molar-refractivity contribution in [1.29, 1.82) is 0 Å². The molecule has 2 aromatic carbocycles. The number of nitrogens with zero attached hydrogens (tertiary/aromatic N) is 4. The highest BCUT2D eigenvalue weighted by molar-refractivity contribution is 6.31. The molecule has 0 fully saturated rings. The molecule has 4 aromatic rings. The van der Waals surface area contributed by atoms with Crippen LogP contribution in [0.3, 0.4) is 0 Å². The molecular formula is C23H23ClN6O2. The van der Waals surface area contributed by atoms with E-state index >= 15 is 0 Å². The molecule has 0 bridgehead atoms. The molecule has 0 aliphatic heterocycles. The van der Waals surface area contributed by atoms with E-state index in [9.17, 15) is 0 Å². The number of aromatic nitrogens is 4. The summed E-state index contributed by atoms with van der Waals surface area (Å²) in [4.78, 5) is 8.87. The molecule has 2 heterocycles. The number of nitrogens with one attached hydrogen (secondary N) is 2. The van der Waals surface area contributed by atoms with Crippen molar-refractivity contribution in [2.75, 3.05) is 24.9 Å². The van der Waals surface area contributed by atoms with Crippen molar-refractivity contribution in [1.82, 2.24) is 19.7 Å². The maximum absolute atomic E-state index is 6.31. The first-order valence-electron chi connectivity index (χ1n) is 9.89. The fourth-order valence-corrected chi connectivity index (χ4v) is 3.34. The molecule has 0 amide bonds. The van der Waals surface area contributed by atoms with E-state index in [1.54, 1.807) is 31.2 Å². The van der Waals surface area contributed by atoms with Crippen molar-refractivity contribution < 1.29 is 9.47 Å². The zero-order chi connectivity index (χ0) is 22.7. The summed E-state index contributed by atoms with van der Waals surface area (Å²) >= 11 is 6.31. The summed E-state index contributed by atoms with van der Waals surface area (Å²) in [5, 5.41) is 11.8. The van der Waals surface area contributed by atoms with Gasteiger partial charge in [0.05, 0.1) is 25.6 Å². The predicted octanol–water partition coefficient (Wildman–Crippen LogP) is 5.44. The summed E-state index contributed by atoms with van der Waals surface area (Å²) < 4.78 is 12.4. The third-order valence-corrected chi connectivity index (χ3v) is 5.19. The molecule has 32 heavy (non-hydrogen) atoms. The highest BCUT2D eigenvalue weighted by Crippen LogP contribution is 2.31. The monoisotopic (exact) mass is 450 g/mol. The first kappa shape index (κ1) is 21.5. The Morgan fingerprint density at radius 3 is 2.47 bits per heavy atom. The SMILES string of the molecule is COc1ccc(Nc2nccc(Nc3cc(C)nn3-c3ccc(C)c(Cl)c3)n2)cc1OC. The van der Waals surface area contributed by atoms with Gasteiger partial charge in [-0.2, -0.15) is 10.1 Å². The minimum Gasteiger partial charge on any atom is -0.493 e. The van der Waals surface area contributed by atoms with Gasteiger partial charge in [0.2, 0.25) is 5.95 Å². The van der Waals surface area contributed by atoms with E-state index in [0.29, 0.717) is 28.3 Å². The van der Waals surface area contributed by atoms with Gasteiger partial charge in [-0.05, 0) is 49.7 Å². The molecule has 0 unspecified atom stereocenters. The Morgan fingerprint density at radius 1 is 0.906 bits per heavy atom. The second-order valence-electron chi connectivity index (χ2n) is 7.10. The normalized spacial score (nSPS) is 10.7. The van der Waals surface area contributed by atoms with E-state index in [0.717, 1.165) is 28.5 Å². The maximum Gasteiger partial charge on any atom is 0.229 e. The van der Waals surface area contributed by atoms with E-state index in [2.05, 4.69) is 25.7 Å². The number of anilines is 4. The van der Waals surface area contributed by atoms with Crippen LogP contribution in [0.25, 0.3) is 5.69 Å². The van der Waals surface area contributed by atoms with Gasteiger partial charge >= 0.3 is 0 Å². The van der Waals surface area contributed by atoms with Crippen LogP contribution in [0.15, 0.2) is 54.7 Å². The van der Waals surface area contributed by atoms with Crippen LogP contribution in [-0.4, -0.2) is 34.0 Å². The van der Waals surface area contributed by atoms with Crippen LogP contribution in [0.4, 0.5) is 23.3 Å². The number of methoxy groups -OCH3 is 2. The number of benzene rings is 2. The Labute approximate surface area is 191 Å². The lowest BCUT2D eigenvalue weighted by atomic mass is 10.2. The summed E-state index contributed by atoms with van der Waals surface area (Å²) in [7, 11) is 3.19. The Kier molecular flexibility index (Phi) is 6.13. The number of halogens is 1. The molecule has 0 radical (unpaired) electrons. The standard InChI is InChI=1S/C23H23ClN6O2/c1-14-5-7-17(13-18(14)24)30-22(11-15(2)29-30)27-21-9-10-25-23(28-21)26-16-6-8-19(31-3)20(12-16)32-4/h5-13H,1-4H3,(H2,25,26,27,28). The molecule has 0 aliphatic rings. The third-order valence-electron chi connectivity index (χ3n) is 4.78. The van der Waals surface area contributed by atoms with Gasteiger partial charge in [0, 0.05) is 29.0 Å². The topological polar surface area (TPSA) is 86.1 Å². The summed E-state index contributed by atoms with van der Waals surface area (Å²) in [5.74, 6) is 3.07. The van der Waals surface area contributed by atoms with Gasteiger partial charge in [-0.25, -0.2) is 9.67 Å². The fourth-order valence-electron chi connectivity index (χ4n) is 3.16. The number of ether oxygens (including phenoxy) is 2. The van der Waals surface area contributed by atoms with Crippen LogP contribution in [0.1, 0.15) is 11.3 Å². The molecule has 8 nitrogen and oxygen atoms in total. The van der Waals surface area contributed by atoms with Crippen LogP contribution in [-0.2, 0) is 0 Å².